The molecule has 14 heteroatoms. The average molecular weight is 649 g/mol. The van der Waals surface area contributed by atoms with E-state index in [0.717, 1.165) is 4.57 Å². The summed E-state index contributed by atoms with van der Waals surface area (Å²) in [5.41, 5.74) is 1.34. The minimum absolute atomic E-state index is 0.297. The largest absolute Gasteiger partial charge is 0.478 e. The number of aromatic carboxylic acids is 3. The van der Waals surface area contributed by atoms with E-state index in [1.165, 1.54) is 12.3 Å². The highest BCUT2D eigenvalue weighted by Crippen LogP contribution is 2.28. The van der Waals surface area contributed by atoms with E-state index in [1.807, 2.05) is 0 Å². The molecule has 0 aliphatic carbocycles. The summed E-state index contributed by atoms with van der Waals surface area (Å²) >= 11 is 0. The summed E-state index contributed by atoms with van der Waals surface area (Å²) in [6.07, 6.45) is -3.15. The van der Waals surface area contributed by atoms with Gasteiger partial charge in [-0.05, 0) is 43.3 Å². The number of nitrogens with zero attached hydrogens (tertiary/aromatic N) is 2. The highest BCUT2D eigenvalue weighted by molar-refractivity contribution is 5.88. The second-order valence-corrected chi connectivity index (χ2v) is 9.78. The molecule has 4 atom stereocenters. The quantitative estimate of drug-likeness (QED) is 0.161. The van der Waals surface area contributed by atoms with E-state index >= 15 is 0 Å². The molecule has 14 nitrogen and oxygen atoms in total. The summed E-state index contributed by atoms with van der Waals surface area (Å²) in [4.78, 5) is 43.0. The highest BCUT2D eigenvalue weighted by Gasteiger charge is 2.43. The lowest BCUT2D eigenvalue weighted by Gasteiger charge is -2.17. The van der Waals surface area contributed by atoms with Gasteiger partial charge in [0, 0.05) is 12.3 Å². The number of aryl methyl sites for hydroxylation is 1. The van der Waals surface area contributed by atoms with Crippen molar-refractivity contribution in [1.82, 2.24) is 9.72 Å². The topological polar surface area (TPSA) is 230 Å². The summed E-state index contributed by atoms with van der Waals surface area (Å²) in [6, 6.07) is 26.4. The van der Waals surface area contributed by atoms with Gasteiger partial charge < -0.3 is 39.9 Å². The number of benzene rings is 3. The van der Waals surface area contributed by atoms with Gasteiger partial charge in [-0.1, -0.05) is 59.8 Å². The number of rotatable bonds is 5. The number of pyridine rings is 1. The molecule has 1 fully saturated rings. The molecule has 0 spiro atoms. The Bertz CT molecular complexity index is 1690. The molecule has 0 bridgehead atoms. The third-order valence-corrected chi connectivity index (χ3v) is 6.58. The molecule has 246 valence electrons. The molecule has 3 heterocycles. The van der Waals surface area contributed by atoms with Crippen molar-refractivity contribution in [1.29, 1.82) is 0 Å². The van der Waals surface area contributed by atoms with Crippen molar-refractivity contribution < 1.29 is 54.3 Å². The minimum Gasteiger partial charge on any atom is -0.478 e. The van der Waals surface area contributed by atoms with Crippen LogP contribution in [0.1, 0.15) is 43.0 Å². The van der Waals surface area contributed by atoms with Crippen LogP contribution in [0, 0.1) is 6.92 Å². The van der Waals surface area contributed by atoms with Crippen LogP contribution >= 0.6 is 0 Å². The molecule has 0 amide bonds. The Kier molecular flexibility index (Phi) is 13.1. The van der Waals surface area contributed by atoms with Crippen LogP contribution in [-0.2, 0) is 4.74 Å². The van der Waals surface area contributed by atoms with Gasteiger partial charge in [0.25, 0.3) is 5.56 Å². The molecular weight excluding hydrogens is 616 g/mol. The maximum absolute atomic E-state index is 12.4. The van der Waals surface area contributed by atoms with Crippen molar-refractivity contribution >= 4 is 28.9 Å². The molecule has 6 rings (SSSR count). The Balaban J connectivity index is 0.000000187. The summed E-state index contributed by atoms with van der Waals surface area (Å²) in [7, 11) is 0. The number of ether oxygens (including phenoxy) is 1. The average Bonchev–Trinajstić information content (AvgIpc) is 3.61. The van der Waals surface area contributed by atoms with Crippen molar-refractivity contribution in [2.24, 2.45) is 0 Å². The van der Waals surface area contributed by atoms with Gasteiger partial charge >= 0.3 is 17.9 Å². The summed E-state index contributed by atoms with van der Waals surface area (Å²) < 4.78 is 11.5. The van der Waals surface area contributed by atoms with Crippen molar-refractivity contribution in [2.45, 2.75) is 31.5 Å². The van der Waals surface area contributed by atoms with E-state index < -0.39 is 54.6 Å². The number of carbonyl (C=O) groups is 3. The first-order valence-electron chi connectivity index (χ1n) is 13.9. The summed E-state index contributed by atoms with van der Waals surface area (Å²) in [6.45, 7) is 1.19. The first kappa shape index (κ1) is 35.8. The van der Waals surface area contributed by atoms with Crippen LogP contribution < -0.4 is 5.56 Å². The Morgan fingerprint density at radius 2 is 1.15 bits per heavy atom. The van der Waals surface area contributed by atoms with Crippen LogP contribution in [0.2, 0.25) is 0 Å². The normalized spacial score (nSPS) is 18.0. The summed E-state index contributed by atoms with van der Waals surface area (Å²) in [5.74, 6) is -2.64. The van der Waals surface area contributed by atoms with Crippen molar-refractivity contribution in [3.8, 4) is 0 Å². The number of fused-ring (bicyclic) bond motifs is 1. The third kappa shape index (κ3) is 9.66. The van der Waals surface area contributed by atoms with Gasteiger partial charge in [-0.15, -0.1) is 0 Å². The van der Waals surface area contributed by atoms with Crippen LogP contribution in [0.15, 0.2) is 113 Å². The number of carboxylic acids is 3. The zero-order valence-electron chi connectivity index (χ0n) is 24.9. The van der Waals surface area contributed by atoms with Gasteiger partial charge in [-0.2, -0.15) is 0 Å². The zero-order valence-corrected chi connectivity index (χ0v) is 24.9. The number of hydrogen-bond donors (Lipinski definition) is 6. The fourth-order valence-electron chi connectivity index (χ4n) is 4.16. The highest BCUT2D eigenvalue weighted by atomic mass is 16.6. The lowest BCUT2D eigenvalue weighted by atomic mass is 10.1. The van der Waals surface area contributed by atoms with Gasteiger partial charge in [0.2, 0.25) is 0 Å². The molecule has 0 unspecified atom stereocenters. The smallest absolute Gasteiger partial charge is 0.335 e. The molecule has 1 aliphatic heterocycles. The SMILES string of the molecule is Cc1noc2ccn([C@@H]3O[C@H](CO)[C@@H](O)[C@H]3O)c(=O)c12.O=C(O)c1ccccc1.O=C(O)c1ccccc1.O=C(O)c1ccccc1. The van der Waals surface area contributed by atoms with Crippen molar-refractivity contribution in [2.75, 3.05) is 6.61 Å². The summed E-state index contributed by atoms with van der Waals surface area (Å²) in [5, 5.41) is 57.9. The molecule has 3 aromatic carbocycles. The zero-order chi connectivity index (χ0) is 34.5. The number of aliphatic hydroxyl groups excluding tert-OH is 3. The van der Waals surface area contributed by atoms with Crippen LogP contribution in [0.4, 0.5) is 0 Å². The molecular formula is C33H32N2O12. The predicted molar refractivity (Wildman–Crippen MR) is 166 cm³/mol. The molecule has 2 aromatic heterocycles. The predicted octanol–water partition coefficient (Wildman–Crippen LogP) is 3.06. The monoisotopic (exact) mass is 648 g/mol. The Morgan fingerprint density at radius 3 is 1.49 bits per heavy atom. The van der Waals surface area contributed by atoms with Crippen LogP contribution in [0.5, 0.6) is 0 Å². The Morgan fingerprint density at radius 1 is 0.723 bits per heavy atom. The van der Waals surface area contributed by atoms with E-state index in [2.05, 4.69) is 5.16 Å². The first-order chi connectivity index (χ1) is 22.5. The van der Waals surface area contributed by atoms with Crippen LogP contribution in [-0.4, -0.2) is 83.2 Å². The second kappa shape index (κ2) is 17.1. The van der Waals surface area contributed by atoms with E-state index in [0.29, 0.717) is 33.4 Å². The third-order valence-electron chi connectivity index (χ3n) is 6.58. The van der Waals surface area contributed by atoms with E-state index in [9.17, 15) is 29.4 Å². The lowest BCUT2D eigenvalue weighted by Crippen LogP contribution is -2.35. The van der Waals surface area contributed by atoms with Gasteiger partial charge in [0.1, 0.15) is 23.7 Å². The second-order valence-electron chi connectivity index (χ2n) is 9.78. The first-order valence-corrected chi connectivity index (χ1v) is 13.9. The van der Waals surface area contributed by atoms with Crippen molar-refractivity contribution in [3.05, 3.63) is 136 Å². The Labute approximate surface area is 267 Å². The minimum atomic E-state index is -1.30. The fraction of sp³-hybridized carbons (Fsp3) is 0.182. The van der Waals surface area contributed by atoms with Crippen LogP contribution in [0.25, 0.3) is 11.0 Å². The molecule has 6 N–H and O–H groups in total. The van der Waals surface area contributed by atoms with E-state index in [1.54, 1.807) is 97.9 Å². The van der Waals surface area contributed by atoms with Gasteiger partial charge in [-0.25, -0.2) is 14.4 Å². The molecule has 1 saturated heterocycles. The standard InChI is InChI=1S/C12H14N2O6.3C7H6O2/c1-5-8-6(20-13-5)2-3-14(11(8)18)12-10(17)9(16)7(4-15)19-12;3*8-7(9)6-4-2-1-3-5-6/h2-3,7,9-10,12,15-17H,4H2,1H3;3*1-5H,(H,8,9)/t7-,9-,10-,12-;;;/m1.../s1. The number of aromatic nitrogens is 2. The molecule has 0 saturated carbocycles. The number of aliphatic hydroxyl groups is 3. The fourth-order valence-corrected chi connectivity index (χ4v) is 4.16. The van der Waals surface area contributed by atoms with Gasteiger partial charge in [0.05, 0.1) is 29.0 Å². The van der Waals surface area contributed by atoms with Gasteiger partial charge in [-0.3, -0.25) is 9.36 Å². The Hall–Kier alpha value is -5.67. The van der Waals surface area contributed by atoms with Gasteiger partial charge in [0.15, 0.2) is 11.8 Å². The van der Waals surface area contributed by atoms with E-state index in [4.69, 9.17) is 29.7 Å². The number of carboxylic acid groups (broad SMARTS) is 3. The molecule has 1 aliphatic rings. The molecule has 5 aromatic rings. The molecule has 0 radical (unpaired) electrons. The van der Waals surface area contributed by atoms with Crippen LogP contribution in [0.3, 0.4) is 0 Å². The van der Waals surface area contributed by atoms with E-state index in [-0.39, 0.29) is 0 Å². The maximum Gasteiger partial charge on any atom is 0.335 e. The number of hydrogen-bond acceptors (Lipinski definition) is 10. The maximum atomic E-state index is 12.4. The van der Waals surface area contributed by atoms with Crippen molar-refractivity contribution in [3.63, 3.8) is 0 Å². The molecule has 47 heavy (non-hydrogen) atoms. The lowest BCUT2D eigenvalue weighted by molar-refractivity contribution is -0.0541.